The van der Waals surface area contributed by atoms with Crippen molar-refractivity contribution >= 4 is 0 Å². The highest BCUT2D eigenvalue weighted by atomic mass is 14.9. The molecule has 0 spiro atoms. The molecule has 3 heteroatoms. The molecule has 2 unspecified atom stereocenters. The zero-order valence-corrected chi connectivity index (χ0v) is 10.8. The summed E-state index contributed by atoms with van der Waals surface area (Å²) in [6.07, 6.45) is 3.20. The molecule has 1 aliphatic carbocycles. The highest BCUT2D eigenvalue weighted by Crippen LogP contribution is 2.57. The lowest BCUT2D eigenvalue weighted by Crippen LogP contribution is -2.15. The van der Waals surface area contributed by atoms with Crippen molar-refractivity contribution in [3.63, 3.8) is 0 Å². The maximum Gasteiger partial charge on any atom is 0.132 e. The van der Waals surface area contributed by atoms with Gasteiger partial charge in [-0.1, -0.05) is 13.8 Å². The lowest BCUT2D eigenvalue weighted by atomic mass is 10.1. The van der Waals surface area contributed by atoms with Gasteiger partial charge in [-0.05, 0) is 32.7 Å². The van der Waals surface area contributed by atoms with E-state index in [0.29, 0.717) is 17.4 Å². The zero-order chi connectivity index (χ0) is 11.9. The molecule has 1 heterocycles. The normalized spacial score (nSPS) is 24.2. The lowest BCUT2D eigenvalue weighted by Gasteiger charge is -2.13. The summed E-state index contributed by atoms with van der Waals surface area (Å²) in [5, 5.41) is 3.22. The van der Waals surface area contributed by atoms with Crippen LogP contribution in [0.4, 0.5) is 0 Å². The van der Waals surface area contributed by atoms with Crippen molar-refractivity contribution in [1.29, 1.82) is 0 Å². The molecule has 0 bridgehead atoms. The number of hydrogen-bond acceptors (Lipinski definition) is 3. The van der Waals surface area contributed by atoms with Crippen LogP contribution in [0.2, 0.25) is 0 Å². The molecule has 2 atom stereocenters. The van der Waals surface area contributed by atoms with E-state index < -0.39 is 0 Å². The van der Waals surface area contributed by atoms with Gasteiger partial charge >= 0.3 is 0 Å². The number of nitrogens with one attached hydrogen (secondary N) is 1. The van der Waals surface area contributed by atoms with Gasteiger partial charge in [0.2, 0.25) is 0 Å². The second-order valence-corrected chi connectivity index (χ2v) is 5.52. The minimum Gasteiger partial charge on any atom is -0.313 e. The first-order valence-electron chi connectivity index (χ1n) is 5.96. The molecule has 1 aliphatic rings. The van der Waals surface area contributed by atoms with Crippen LogP contribution < -0.4 is 5.32 Å². The van der Waals surface area contributed by atoms with Crippen LogP contribution in [0.1, 0.15) is 56.2 Å². The second-order valence-electron chi connectivity index (χ2n) is 5.52. The molecule has 1 fully saturated rings. The van der Waals surface area contributed by atoms with Crippen LogP contribution >= 0.6 is 0 Å². The fourth-order valence-corrected chi connectivity index (χ4v) is 2.15. The fourth-order valence-electron chi connectivity index (χ4n) is 2.15. The van der Waals surface area contributed by atoms with Crippen molar-refractivity contribution in [3.05, 3.63) is 23.3 Å². The lowest BCUT2D eigenvalue weighted by molar-refractivity contribution is 0.600. The van der Waals surface area contributed by atoms with Gasteiger partial charge in [0.05, 0.1) is 0 Å². The maximum atomic E-state index is 4.65. The molecule has 1 aromatic rings. The maximum absolute atomic E-state index is 4.65. The summed E-state index contributed by atoms with van der Waals surface area (Å²) < 4.78 is 0. The van der Waals surface area contributed by atoms with Crippen LogP contribution in [0.5, 0.6) is 0 Å². The van der Waals surface area contributed by atoms with E-state index in [0.717, 1.165) is 11.5 Å². The number of nitrogens with zero attached hydrogens (tertiary/aromatic N) is 2. The Kier molecular flexibility index (Phi) is 2.74. The largest absolute Gasteiger partial charge is 0.313 e. The van der Waals surface area contributed by atoms with Crippen LogP contribution in [0, 0.1) is 12.3 Å². The van der Waals surface area contributed by atoms with Gasteiger partial charge in [-0.15, -0.1) is 0 Å². The zero-order valence-electron chi connectivity index (χ0n) is 10.8. The van der Waals surface area contributed by atoms with E-state index in [2.05, 4.69) is 43.0 Å². The summed E-state index contributed by atoms with van der Waals surface area (Å²) >= 11 is 0. The van der Waals surface area contributed by atoms with Gasteiger partial charge in [-0.25, -0.2) is 9.97 Å². The van der Waals surface area contributed by atoms with E-state index in [9.17, 15) is 0 Å². The average molecular weight is 219 g/mol. The molecule has 0 radical (unpaired) electrons. The number of hydrogen-bond donors (Lipinski definition) is 1. The standard InChI is InChI=1S/C13H21N3/c1-8(14-5)10-7-15-12(16-9(10)2)11-6-13(11,3)4/h7-8,11,14H,6H2,1-5H3. The molecule has 2 rings (SSSR count). The fraction of sp³-hybridized carbons (Fsp3) is 0.692. The predicted octanol–water partition coefficient (Wildman–Crippen LogP) is 2.58. The topological polar surface area (TPSA) is 37.8 Å². The van der Waals surface area contributed by atoms with Gasteiger partial charge in [0, 0.05) is 29.4 Å². The monoisotopic (exact) mass is 219 g/mol. The smallest absolute Gasteiger partial charge is 0.132 e. The quantitative estimate of drug-likeness (QED) is 0.849. The molecule has 0 aliphatic heterocycles. The van der Waals surface area contributed by atoms with Crippen molar-refractivity contribution in [2.24, 2.45) is 5.41 Å². The molecular formula is C13H21N3. The average Bonchev–Trinajstić information content (AvgIpc) is 2.86. The summed E-state index contributed by atoms with van der Waals surface area (Å²) in [5.74, 6) is 1.58. The van der Waals surface area contributed by atoms with Crippen LogP contribution in [0.25, 0.3) is 0 Å². The van der Waals surface area contributed by atoms with Gasteiger partial charge in [0.15, 0.2) is 0 Å². The van der Waals surface area contributed by atoms with E-state index in [-0.39, 0.29) is 0 Å². The SMILES string of the molecule is CNC(C)c1cnc(C2CC2(C)C)nc1C. The number of aromatic nitrogens is 2. The number of rotatable bonds is 3. The number of aryl methyl sites for hydroxylation is 1. The van der Waals surface area contributed by atoms with Crippen LogP contribution in [-0.4, -0.2) is 17.0 Å². The highest BCUT2D eigenvalue weighted by molar-refractivity contribution is 5.24. The van der Waals surface area contributed by atoms with Gasteiger partial charge in [0.25, 0.3) is 0 Å². The Hall–Kier alpha value is -0.960. The molecule has 1 aromatic heterocycles. The molecule has 0 amide bonds. The Bertz CT molecular complexity index is 398. The molecule has 16 heavy (non-hydrogen) atoms. The first kappa shape index (κ1) is 11.5. The third-order valence-electron chi connectivity index (χ3n) is 3.76. The van der Waals surface area contributed by atoms with Crippen molar-refractivity contribution in [3.8, 4) is 0 Å². The molecule has 3 nitrogen and oxygen atoms in total. The summed E-state index contributed by atoms with van der Waals surface area (Å²) in [6.45, 7) is 8.76. The summed E-state index contributed by atoms with van der Waals surface area (Å²) in [7, 11) is 1.96. The Morgan fingerprint density at radius 3 is 2.56 bits per heavy atom. The van der Waals surface area contributed by atoms with Crippen molar-refractivity contribution in [1.82, 2.24) is 15.3 Å². The van der Waals surface area contributed by atoms with Gasteiger partial charge < -0.3 is 5.32 Å². The summed E-state index contributed by atoms with van der Waals surface area (Å²) in [4.78, 5) is 9.16. The third kappa shape index (κ3) is 1.96. The molecule has 1 saturated carbocycles. The van der Waals surface area contributed by atoms with E-state index in [1.807, 2.05) is 13.2 Å². The van der Waals surface area contributed by atoms with E-state index in [1.54, 1.807) is 0 Å². The third-order valence-corrected chi connectivity index (χ3v) is 3.76. The highest BCUT2D eigenvalue weighted by Gasteiger charge is 2.48. The van der Waals surface area contributed by atoms with E-state index in [1.165, 1.54) is 12.0 Å². The molecule has 0 aromatic carbocycles. The van der Waals surface area contributed by atoms with E-state index >= 15 is 0 Å². The molecule has 0 saturated heterocycles. The minimum absolute atomic E-state index is 0.321. The van der Waals surface area contributed by atoms with Crippen molar-refractivity contribution in [2.75, 3.05) is 7.05 Å². The van der Waals surface area contributed by atoms with Crippen molar-refractivity contribution < 1.29 is 0 Å². The summed E-state index contributed by atoms with van der Waals surface area (Å²) in [5.41, 5.74) is 2.71. The molecule has 1 N–H and O–H groups in total. The first-order chi connectivity index (χ1) is 7.45. The Balaban J connectivity index is 2.24. The molecule has 88 valence electrons. The van der Waals surface area contributed by atoms with Gasteiger partial charge in [0.1, 0.15) is 5.82 Å². The first-order valence-corrected chi connectivity index (χ1v) is 5.96. The van der Waals surface area contributed by atoms with Gasteiger partial charge in [-0.3, -0.25) is 0 Å². The van der Waals surface area contributed by atoms with Crippen LogP contribution in [0.3, 0.4) is 0 Å². The van der Waals surface area contributed by atoms with Crippen LogP contribution in [-0.2, 0) is 0 Å². The van der Waals surface area contributed by atoms with Crippen LogP contribution in [0.15, 0.2) is 6.20 Å². The van der Waals surface area contributed by atoms with Crippen molar-refractivity contribution in [2.45, 2.75) is 46.1 Å². The minimum atomic E-state index is 0.321. The molecular weight excluding hydrogens is 198 g/mol. The summed E-state index contributed by atoms with van der Waals surface area (Å²) in [6, 6.07) is 0.321. The van der Waals surface area contributed by atoms with E-state index in [4.69, 9.17) is 0 Å². The Morgan fingerprint density at radius 1 is 1.50 bits per heavy atom. The predicted molar refractivity (Wildman–Crippen MR) is 65.4 cm³/mol. The van der Waals surface area contributed by atoms with Gasteiger partial charge in [-0.2, -0.15) is 0 Å². The Morgan fingerprint density at radius 2 is 2.12 bits per heavy atom. The second kappa shape index (κ2) is 3.81. The Labute approximate surface area is 97.7 Å².